The van der Waals surface area contributed by atoms with Crippen molar-refractivity contribution in [3.8, 4) is 28.1 Å². The Morgan fingerprint density at radius 1 is 1.08 bits per heavy atom. The first-order valence-corrected chi connectivity index (χ1v) is 17.5. The van der Waals surface area contributed by atoms with Crippen LogP contribution in [0.5, 0.6) is 5.75 Å². The fourth-order valence-corrected chi connectivity index (χ4v) is 7.87. The van der Waals surface area contributed by atoms with E-state index < -0.39 is 12.1 Å². The molecule has 4 atom stereocenters. The number of carbonyl (C=O) groups excluding carboxylic acids is 2. The van der Waals surface area contributed by atoms with Crippen LogP contribution in [0.4, 0.5) is 4.79 Å². The van der Waals surface area contributed by atoms with E-state index in [-0.39, 0.29) is 23.9 Å². The number of ether oxygens (including phenoxy) is 3. The molecule has 0 bridgehead atoms. The van der Waals surface area contributed by atoms with E-state index in [1.54, 1.807) is 7.11 Å². The highest BCUT2D eigenvalue weighted by atomic mass is 16.5. The van der Waals surface area contributed by atoms with Crippen molar-refractivity contribution in [2.45, 2.75) is 57.8 Å². The van der Waals surface area contributed by atoms with Gasteiger partial charge in [0, 0.05) is 31.1 Å². The summed E-state index contributed by atoms with van der Waals surface area (Å²) in [5.74, 6) is 2.80. The Balaban J connectivity index is 1.06. The Hall–Kier alpha value is -4.94. The number of rotatable bonds is 8. The number of benzene rings is 3. The topological polar surface area (TPSA) is 146 Å². The highest BCUT2D eigenvalue weighted by molar-refractivity contribution is 6.07. The van der Waals surface area contributed by atoms with Gasteiger partial charge in [0.05, 0.1) is 48.7 Å². The maximum absolute atomic E-state index is 13.7. The van der Waals surface area contributed by atoms with Gasteiger partial charge in [0.15, 0.2) is 0 Å². The largest absolute Gasteiger partial charge is 0.488 e. The molecule has 0 saturated carbocycles. The number of carbonyl (C=O) groups is 2. The van der Waals surface area contributed by atoms with Crippen LogP contribution in [0.25, 0.3) is 44.2 Å². The molecule has 50 heavy (non-hydrogen) atoms. The molecule has 5 heterocycles. The van der Waals surface area contributed by atoms with Gasteiger partial charge in [-0.25, -0.2) is 14.8 Å². The Morgan fingerprint density at radius 2 is 1.96 bits per heavy atom. The minimum absolute atomic E-state index is 0.0994. The number of nitrogens with one attached hydrogen (secondary N) is 4. The lowest BCUT2D eigenvalue weighted by Crippen LogP contribution is -2.51. The number of nitrogens with zero attached hydrogens (tertiary/aromatic N) is 3. The van der Waals surface area contributed by atoms with E-state index in [4.69, 9.17) is 24.2 Å². The molecule has 2 amide bonds. The summed E-state index contributed by atoms with van der Waals surface area (Å²) in [6, 6.07) is 14.2. The van der Waals surface area contributed by atoms with Crippen LogP contribution in [0.2, 0.25) is 0 Å². The van der Waals surface area contributed by atoms with E-state index in [0.717, 1.165) is 99.6 Å². The van der Waals surface area contributed by atoms with Crippen LogP contribution in [-0.4, -0.2) is 76.8 Å². The predicted molar refractivity (Wildman–Crippen MR) is 190 cm³/mol. The highest BCUT2D eigenvalue weighted by Crippen LogP contribution is 2.43. The highest BCUT2D eigenvalue weighted by Gasteiger charge is 2.38. The number of aromatic nitrogens is 4. The first kappa shape index (κ1) is 32.3. The van der Waals surface area contributed by atoms with Gasteiger partial charge in [-0.15, -0.1) is 0 Å². The molecule has 0 aliphatic carbocycles. The molecule has 260 valence electrons. The smallest absolute Gasteiger partial charge is 0.407 e. The van der Waals surface area contributed by atoms with Gasteiger partial charge in [-0.2, -0.15) is 0 Å². The van der Waals surface area contributed by atoms with Gasteiger partial charge in [0.2, 0.25) is 5.91 Å². The van der Waals surface area contributed by atoms with Crippen molar-refractivity contribution in [3.05, 3.63) is 65.9 Å². The quantitative estimate of drug-likeness (QED) is 0.156. The fraction of sp³-hybridized carbons (Fsp3) is 0.421. The fourth-order valence-electron chi connectivity index (χ4n) is 7.87. The van der Waals surface area contributed by atoms with E-state index in [9.17, 15) is 9.59 Å². The number of H-pyrrole nitrogens is 2. The number of imidazole rings is 2. The zero-order valence-corrected chi connectivity index (χ0v) is 28.8. The summed E-state index contributed by atoms with van der Waals surface area (Å²) in [4.78, 5) is 44.3. The maximum atomic E-state index is 13.7. The second-order valence-electron chi connectivity index (χ2n) is 14.1. The van der Waals surface area contributed by atoms with Gasteiger partial charge >= 0.3 is 6.09 Å². The van der Waals surface area contributed by atoms with Crippen LogP contribution in [0, 0.1) is 11.8 Å². The van der Waals surface area contributed by atoms with Crippen molar-refractivity contribution in [2.24, 2.45) is 11.8 Å². The zero-order chi connectivity index (χ0) is 34.5. The number of likely N-dealkylation sites (tertiary alicyclic amines) is 1. The molecule has 12 heteroatoms. The summed E-state index contributed by atoms with van der Waals surface area (Å²) < 4.78 is 16.5. The molecule has 0 unspecified atom stereocenters. The Morgan fingerprint density at radius 3 is 2.78 bits per heavy atom. The maximum Gasteiger partial charge on any atom is 0.407 e. The van der Waals surface area contributed by atoms with Crippen molar-refractivity contribution < 1.29 is 23.8 Å². The van der Waals surface area contributed by atoms with Crippen LogP contribution >= 0.6 is 0 Å². The Bertz CT molecular complexity index is 2090. The van der Waals surface area contributed by atoms with E-state index in [1.807, 2.05) is 31.0 Å². The third kappa shape index (κ3) is 5.75. The third-order valence-corrected chi connectivity index (χ3v) is 10.5. The number of aromatic amines is 2. The summed E-state index contributed by atoms with van der Waals surface area (Å²) >= 11 is 0. The van der Waals surface area contributed by atoms with Gasteiger partial charge in [0.1, 0.15) is 30.0 Å². The van der Waals surface area contributed by atoms with Crippen molar-refractivity contribution in [2.75, 3.05) is 33.9 Å². The Labute approximate surface area is 290 Å². The standard InChI is InChI=1S/C38H43N7O5/c1-20(2)33(44-38(47)49-4)37(46)45-11-5-6-31(45)36-41-28-10-8-22-14-27-25-9-7-23(13-24(25)19-50-32(27)15-26(22)34(28)43-36)30-17-40-35(42-30)29-12-21(16-39-29)18-48-3/h7-10,13-15,17,20-21,29,31,33,39H,5-6,11-12,16,18-19H2,1-4H3,(H,40,42)(H,41,43)(H,44,47)/t21-,29-,31-,33-/m0/s1. The van der Waals surface area contributed by atoms with E-state index in [0.29, 0.717) is 19.1 Å². The molecule has 3 aliphatic rings. The zero-order valence-electron chi connectivity index (χ0n) is 28.8. The monoisotopic (exact) mass is 677 g/mol. The number of hydrogen-bond donors (Lipinski definition) is 4. The third-order valence-electron chi connectivity index (χ3n) is 10.5. The van der Waals surface area contributed by atoms with Crippen molar-refractivity contribution >= 4 is 33.8 Å². The number of amides is 2. The van der Waals surface area contributed by atoms with E-state index in [1.165, 1.54) is 7.11 Å². The second-order valence-corrected chi connectivity index (χ2v) is 14.1. The molecular formula is C38H43N7O5. The lowest BCUT2D eigenvalue weighted by molar-refractivity contribution is -0.135. The average molecular weight is 678 g/mol. The van der Waals surface area contributed by atoms with Crippen LogP contribution in [0.15, 0.2) is 48.7 Å². The SMILES string of the molecule is COC[C@@H]1CN[C@H](c2ncc(-c3ccc4c(c3)COc3cc5c(ccc6nc([C@@H]7CCCN7C(=O)[C@@H](NC(=O)OC)C(C)C)[nH]c65)cc3-4)[nH]2)C1. The van der Waals surface area contributed by atoms with Crippen molar-refractivity contribution in [3.63, 3.8) is 0 Å². The minimum Gasteiger partial charge on any atom is -0.488 e. The molecular weight excluding hydrogens is 634 g/mol. The lowest BCUT2D eigenvalue weighted by atomic mass is 9.92. The normalized spacial score (nSPS) is 20.6. The van der Waals surface area contributed by atoms with Gasteiger partial charge in [-0.3, -0.25) is 4.79 Å². The van der Waals surface area contributed by atoms with Gasteiger partial charge in [-0.1, -0.05) is 32.0 Å². The lowest BCUT2D eigenvalue weighted by Gasteiger charge is -2.29. The molecule has 4 N–H and O–H groups in total. The number of methoxy groups -OCH3 is 2. The number of alkyl carbamates (subject to hydrolysis) is 1. The molecule has 0 radical (unpaired) electrons. The van der Waals surface area contributed by atoms with Gasteiger partial charge in [-0.05, 0) is 77.4 Å². The van der Waals surface area contributed by atoms with E-state index >= 15 is 0 Å². The van der Waals surface area contributed by atoms with Crippen LogP contribution in [0.3, 0.4) is 0 Å². The summed E-state index contributed by atoms with van der Waals surface area (Å²) in [6.45, 7) is 6.59. The number of fused-ring (bicyclic) bond motifs is 6. The number of hydrogen-bond acceptors (Lipinski definition) is 8. The molecule has 0 spiro atoms. The van der Waals surface area contributed by atoms with Gasteiger partial charge in [0.25, 0.3) is 0 Å². The molecule has 12 nitrogen and oxygen atoms in total. The predicted octanol–water partition coefficient (Wildman–Crippen LogP) is 6.01. The summed E-state index contributed by atoms with van der Waals surface area (Å²) in [7, 11) is 3.05. The molecule has 2 saturated heterocycles. The second kappa shape index (κ2) is 13.1. The first-order chi connectivity index (χ1) is 24.3. The molecule has 3 aromatic carbocycles. The molecule has 8 rings (SSSR count). The Kier molecular flexibility index (Phi) is 8.44. The van der Waals surface area contributed by atoms with Crippen LogP contribution in [-0.2, 0) is 20.9 Å². The van der Waals surface area contributed by atoms with Gasteiger partial charge < -0.3 is 39.7 Å². The van der Waals surface area contributed by atoms with Crippen LogP contribution < -0.4 is 15.4 Å². The first-order valence-electron chi connectivity index (χ1n) is 17.5. The summed E-state index contributed by atoms with van der Waals surface area (Å²) in [6.07, 6.45) is 3.95. The summed E-state index contributed by atoms with van der Waals surface area (Å²) in [5.41, 5.74) is 7.15. The van der Waals surface area contributed by atoms with Crippen LogP contribution in [0.1, 0.15) is 62.4 Å². The molecule has 5 aromatic rings. The van der Waals surface area contributed by atoms with Crippen molar-refractivity contribution in [1.29, 1.82) is 0 Å². The van der Waals surface area contributed by atoms with E-state index in [2.05, 4.69) is 57.0 Å². The minimum atomic E-state index is -0.684. The molecule has 2 aromatic heterocycles. The molecule has 2 fully saturated rings. The summed E-state index contributed by atoms with van der Waals surface area (Å²) in [5, 5.41) is 8.37. The van der Waals surface area contributed by atoms with Crippen molar-refractivity contribution in [1.82, 2.24) is 35.5 Å². The average Bonchev–Trinajstić information content (AvgIpc) is 3.95. The molecule has 3 aliphatic heterocycles.